The molecule has 0 saturated heterocycles. The van der Waals surface area contributed by atoms with Gasteiger partial charge >= 0.3 is 12.1 Å². The molecule has 0 aromatic heterocycles. The van der Waals surface area contributed by atoms with Crippen molar-refractivity contribution in [1.82, 2.24) is 5.01 Å². The van der Waals surface area contributed by atoms with Gasteiger partial charge in [-0.05, 0) is 36.8 Å². The molecule has 3 rings (SSSR count). The molecule has 2 aromatic carbocycles. The number of carbonyl (C=O) groups is 2. The maximum absolute atomic E-state index is 12.6. The Bertz CT molecular complexity index is 928. The molecule has 0 fully saturated rings. The third-order valence-electron chi connectivity index (χ3n) is 4.44. The topological polar surface area (TPSA) is 71.0 Å². The average Bonchev–Trinajstić information content (AvgIpc) is 3.12. The number of ether oxygens (including phenoxy) is 1. The Morgan fingerprint density at radius 1 is 1.13 bits per heavy atom. The highest BCUT2D eigenvalue weighted by molar-refractivity contribution is 6.13. The molecule has 6 nitrogen and oxygen atoms in total. The van der Waals surface area contributed by atoms with E-state index in [2.05, 4.69) is 10.4 Å². The summed E-state index contributed by atoms with van der Waals surface area (Å²) >= 11 is 0. The second kappa shape index (κ2) is 8.98. The molecule has 30 heavy (non-hydrogen) atoms. The van der Waals surface area contributed by atoms with Crippen molar-refractivity contribution in [2.24, 2.45) is 11.0 Å². The van der Waals surface area contributed by atoms with Crippen LogP contribution in [-0.2, 0) is 20.5 Å². The number of amides is 1. The molecule has 158 valence electrons. The monoisotopic (exact) mass is 419 g/mol. The van der Waals surface area contributed by atoms with Gasteiger partial charge in [-0.2, -0.15) is 18.3 Å². The van der Waals surface area contributed by atoms with Crippen molar-refractivity contribution in [2.45, 2.75) is 13.1 Å². The number of benzene rings is 2. The van der Waals surface area contributed by atoms with E-state index in [4.69, 9.17) is 4.74 Å². The average molecular weight is 419 g/mol. The summed E-state index contributed by atoms with van der Waals surface area (Å²) in [6.45, 7) is 1.95. The summed E-state index contributed by atoms with van der Waals surface area (Å²) in [6, 6.07) is 13.3. The van der Waals surface area contributed by atoms with E-state index in [1.54, 1.807) is 6.92 Å². The van der Waals surface area contributed by atoms with Crippen LogP contribution in [0.4, 0.5) is 18.9 Å². The Hall–Kier alpha value is -3.36. The van der Waals surface area contributed by atoms with Crippen LogP contribution in [0.25, 0.3) is 0 Å². The summed E-state index contributed by atoms with van der Waals surface area (Å²) in [5.74, 6) is -1.52. The highest BCUT2D eigenvalue weighted by Gasteiger charge is 2.35. The summed E-state index contributed by atoms with van der Waals surface area (Å²) in [5.41, 5.74) is 0.702. The summed E-state index contributed by atoms with van der Waals surface area (Å²) in [7, 11) is 0. The van der Waals surface area contributed by atoms with E-state index in [1.165, 1.54) is 17.1 Å². The fraction of sp³-hybridized carbons (Fsp3) is 0.286. The van der Waals surface area contributed by atoms with Gasteiger partial charge in [0, 0.05) is 5.69 Å². The van der Waals surface area contributed by atoms with Gasteiger partial charge in [-0.25, -0.2) is 0 Å². The highest BCUT2D eigenvalue weighted by Crippen LogP contribution is 2.29. The maximum Gasteiger partial charge on any atom is 0.416 e. The van der Waals surface area contributed by atoms with Crippen molar-refractivity contribution >= 4 is 23.3 Å². The normalized spacial score (nSPS) is 16.2. The van der Waals surface area contributed by atoms with Crippen LogP contribution in [0.5, 0.6) is 0 Å². The minimum atomic E-state index is -4.44. The third-order valence-corrected chi connectivity index (χ3v) is 4.44. The Morgan fingerprint density at radius 2 is 1.80 bits per heavy atom. The lowest BCUT2D eigenvalue weighted by molar-refractivity contribution is -0.145. The predicted molar refractivity (Wildman–Crippen MR) is 105 cm³/mol. The number of rotatable bonds is 6. The number of hydrazone groups is 1. The number of anilines is 1. The van der Waals surface area contributed by atoms with E-state index >= 15 is 0 Å². The molecule has 9 heteroatoms. The van der Waals surface area contributed by atoms with E-state index in [1.807, 2.05) is 30.3 Å². The van der Waals surface area contributed by atoms with Gasteiger partial charge in [0.05, 0.1) is 24.4 Å². The molecule has 1 heterocycles. The minimum absolute atomic E-state index is 0.159. The van der Waals surface area contributed by atoms with Crippen LogP contribution < -0.4 is 5.32 Å². The number of nitrogens with one attached hydrogen (secondary N) is 1. The molecule has 1 amide bonds. The Labute approximate surface area is 171 Å². The lowest BCUT2D eigenvalue weighted by Crippen LogP contribution is -2.33. The number of hydrogen-bond acceptors (Lipinski definition) is 5. The zero-order valence-electron chi connectivity index (χ0n) is 16.1. The molecule has 2 aromatic rings. The molecule has 1 N–H and O–H groups in total. The van der Waals surface area contributed by atoms with Crippen molar-refractivity contribution in [3.63, 3.8) is 0 Å². The van der Waals surface area contributed by atoms with Gasteiger partial charge in [-0.15, -0.1) is 0 Å². The number of hydrogen-bond donors (Lipinski definition) is 1. The fourth-order valence-electron chi connectivity index (χ4n) is 3.07. The molecule has 1 atom stereocenters. The second-order valence-electron chi connectivity index (χ2n) is 6.63. The number of halogens is 3. The standard InChI is InChI=1S/C21H20F3N3O3/c1-2-30-20(29)17-12-27(26-19(17)14-6-4-3-5-7-14)13-18(28)25-16-10-8-15(9-11-16)21(22,23)24/h3-11,17H,2,12-13H2,1H3,(H,25,28). The molecule has 0 aliphatic carbocycles. The molecule has 0 bridgehead atoms. The number of nitrogens with zero attached hydrogens (tertiary/aromatic N) is 2. The Kier molecular flexibility index (Phi) is 6.39. The molecule has 1 aliphatic rings. The first-order chi connectivity index (χ1) is 14.3. The second-order valence-corrected chi connectivity index (χ2v) is 6.63. The van der Waals surface area contributed by atoms with Crippen LogP contribution in [0.1, 0.15) is 18.1 Å². The SMILES string of the molecule is CCOC(=O)C1CN(CC(=O)Nc2ccc(C(F)(F)F)cc2)N=C1c1ccccc1. The third kappa shape index (κ3) is 5.16. The summed E-state index contributed by atoms with van der Waals surface area (Å²) in [4.78, 5) is 24.7. The van der Waals surface area contributed by atoms with Gasteiger partial charge in [0.15, 0.2) is 0 Å². The van der Waals surface area contributed by atoms with E-state index < -0.39 is 29.5 Å². The summed E-state index contributed by atoms with van der Waals surface area (Å²) in [6.07, 6.45) is -4.44. The van der Waals surface area contributed by atoms with Crippen molar-refractivity contribution in [1.29, 1.82) is 0 Å². The minimum Gasteiger partial charge on any atom is -0.465 e. The van der Waals surface area contributed by atoms with Crippen molar-refractivity contribution in [2.75, 3.05) is 25.0 Å². The number of carbonyl (C=O) groups excluding carboxylic acids is 2. The number of alkyl halides is 3. The van der Waals surface area contributed by atoms with Gasteiger partial charge in [0.25, 0.3) is 0 Å². The molecule has 1 aliphatic heterocycles. The van der Waals surface area contributed by atoms with Crippen LogP contribution >= 0.6 is 0 Å². The molecule has 0 radical (unpaired) electrons. The largest absolute Gasteiger partial charge is 0.465 e. The van der Waals surface area contributed by atoms with E-state index in [0.29, 0.717) is 5.71 Å². The van der Waals surface area contributed by atoms with E-state index in [-0.39, 0.29) is 25.4 Å². The molecule has 0 spiro atoms. The smallest absolute Gasteiger partial charge is 0.416 e. The Morgan fingerprint density at radius 3 is 2.40 bits per heavy atom. The van der Waals surface area contributed by atoms with E-state index in [0.717, 1.165) is 17.7 Å². The molecular weight excluding hydrogens is 399 g/mol. The lowest BCUT2D eigenvalue weighted by atomic mass is 9.98. The molecular formula is C21H20F3N3O3. The Balaban J connectivity index is 1.69. The van der Waals surface area contributed by atoms with Crippen molar-refractivity contribution in [3.8, 4) is 0 Å². The van der Waals surface area contributed by atoms with Gasteiger partial charge in [0.1, 0.15) is 12.5 Å². The predicted octanol–water partition coefficient (Wildman–Crippen LogP) is 3.54. The van der Waals surface area contributed by atoms with Crippen LogP contribution in [0.15, 0.2) is 59.7 Å². The first kappa shape index (κ1) is 21.4. The van der Waals surface area contributed by atoms with Crippen molar-refractivity contribution in [3.05, 3.63) is 65.7 Å². The zero-order valence-corrected chi connectivity index (χ0v) is 16.1. The zero-order chi connectivity index (χ0) is 21.7. The quantitative estimate of drug-likeness (QED) is 0.727. The van der Waals surface area contributed by atoms with Crippen LogP contribution in [-0.4, -0.2) is 42.3 Å². The lowest BCUT2D eigenvalue weighted by Gasteiger charge is -2.15. The number of esters is 1. The van der Waals surface area contributed by atoms with Gasteiger partial charge < -0.3 is 10.1 Å². The van der Waals surface area contributed by atoms with Crippen molar-refractivity contribution < 1.29 is 27.5 Å². The molecule has 0 saturated carbocycles. The van der Waals surface area contributed by atoms with Crippen LogP contribution in [0.2, 0.25) is 0 Å². The molecule has 1 unspecified atom stereocenters. The van der Waals surface area contributed by atoms with Gasteiger partial charge in [0.2, 0.25) is 5.91 Å². The highest BCUT2D eigenvalue weighted by atomic mass is 19.4. The summed E-state index contributed by atoms with van der Waals surface area (Å²) < 4.78 is 43.0. The van der Waals surface area contributed by atoms with Gasteiger partial charge in [-0.3, -0.25) is 14.6 Å². The maximum atomic E-state index is 12.6. The van der Waals surface area contributed by atoms with Crippen LogP contribution in [0.3, 0.4) is 0 Å². The van der Waals surface area contributed by atoms with Gasteiger partial charge in [-0.1, -0.05) is 30.3 Å². The summed E-state index contributed by atoms with van der Waals surface area (Å²) in [5, 5.41) is 8.40. The fourth-order valence-corrected chi connectivity index (χ4v) is 3.07. The van der Waals surface area contributed by atoms with Crippen LogP contribution in [0, 0.1) is 5.92 Å². The first-order valence-electron chi connectivity index (χ1n) is 9.30. The van der Waals surface area contributed by atoms with E-state index in [9.17, 15) is 22.8 Å². The first-order valence-corrected chi connectivity index (χ1v) is 9.30.